The molecule has 0 amide bonds. The van der Waals surface area contributed by atoms with Crippen molar-refractivity contribution >= 4 is 31.5 Å². The fourth-order valence-corrected chi connectivity index (χ4v) is 6.51. The highest BCUT2D eigenvalue weighted by Gasteiger charge is 2.39. The molecule has 2 aromatic carbocycles. The molecule has 1 unspecified atom stereocenters. The van der Waals surface area contributed by atoms with E-state index in [9.17, 15) is 16.8 Å². The summed E-state index contributed by atoms with van der Waals surface area (Å²) in [6.07, 6.45) is 0.273. The Balaban J connectivity index is 1.85. The first-order valence-electron chi connectivity index (χ1n) is 8.19. The second-order valence-corrected chi connectivity index (χ2v) is 11.1. The quantitative estimate of drug-likeness (QED) is 0.771. The van der Waals surface area contributed by atoms with Crippen molar-refractivity contribution < 1.29 is 16.8 Å². The molecule has 0 N–H and O–H groups in total. The van der Waals surface area contributed by atoms with Gasteiger partial charge >= 0.3 is 0 Å². The Morgan fingerprint density at radius 3 is 2.15 bits per heavy atom. The summed E-state index contributed by atoms with van der Waals surface area (Å²) in [5.74, 6) is 0. The molecule has 1 fully saturated rings. The molecule has 3 rings (SSSR count). The SMILES string of the molecule is Cc1ccc(S(=O)(=O)N2CCC(S(=O)(=O)c3ccc(Cl)cc3)C2)cc1C. The van der Waals surface area contributed by atoms with Gasteiger partial charge in [-0.15, -0.1) is 0 Å². The van der Waals surface area contributed by atoms with Crippen molar-refractivity contribution in [3.63, 3.8) is 0 Å². The summed E-state index contributed by atoms with van der Waals surface area (Å²) in [7, 11) is -7.32. The molecule has 2 aromatic rings. The summed E-state index contributed by atoms with van der Waals surface area (Å²) in [4.78, 5) is 0.363. The molecule has 26 heavy (non-hydrogen) atoms. The molecule has 1 saturated heterocycles. The van der Waals surface area contributed by atoms with Crippen LogP contribution in [0.5, 0.6) is 0 Å². The zero-order valence-electron chi connectivity index (χ0n) is 14.5. The molecule has 140 valence electrons. The number of aryl methyl sites for hydroxylation is 2. The molecule has 0 radical (unpaired) electrons. The van der Waals surface area contributed by atoms with Gasteiger partial charge in [-0.1, -0.05) is 17.7 Å². The minimum Gasteiger partial charge on any atom is -0.223 e. The predicted octanol–water partition coefficient (Wildman–Crippen LogP) is 3.19. The van der Waals surface area contributed by atoms with E-state index < -0.39 is 25.1 Å². The zero-order chi connectivity index (χ0) is 19.1. The lowest BCUT2D eigenvalue weighted by Gasteiger charge is -2.17. The number of hydrogen-bond acceptors (Lipinski definition) is 4. The van der Waals surface area contributed by atoms with E-state index in [0.717, 1.165) is 11.1 Å². The first kappa shape index (κ1) is 19.4. The number of sulfonamides is 1. The van der Waals surface area contributed by atoms with E-state index in [1.54, 1.807) is 18.2 Å². The first-order valence-corrected chi connectivity index (χ1v) is 11.6. The standard InChI is InChI=1S/C18H20ClNO4S2/c1-13-3-6-17(11-14(13)2)26(23,24)20-10-9-18(12-20)25(21,22)16-7-4-15(19)5-8-16/h3-8,11,18H,9-10,12H2,1-2H3. The third-order valence-corrected chi connectivity index (χ3v) is 9.11. The van der Waals surface area contributed by atoms with E-state index in [1.807, 2.05) is 13.8 Å². The van der Waals surface area contributed by atoms with Crippen LogP contribution in [-0.4, -0.2) is 39.5 Å². The van der Waals surface area contributed by atoms with Crippen LogP contribution >= 0.6 is 11.6 Å². The number of sulfone groups is 1. The van der Waals surface area contributed by atoms with Crippen LogP contribution in [-0.2, 0) is 19.9 Å². The van der Waals surface area contributed by atoms with Gasteiger partial charge in [-0.25, -0.2) is 16.8 Å². The van der Waals surface area contributed by atoms with E-state index in [-0.39, 0.29) is 29.3 Å². The van der Waals surface area contributed by atoms with Gasteiger partial charge < -0.3 is 0 Å². The number of nitrogens with zero attached hydrogens (tertiary/aromatic N) is 1. The molecule has 1 aliphatic heterocycles. The van der Waals surface area contributed by atoms with Gasteiger partial charge in [-0.3, -0.25) is 0 Å². The molecule has 1 aliphatic rings. The van der Waals surface area contributed by atoms with Crippen LogP contribution in [0, 0.1) is 13.8 Å². The summed E-state index contributed by atoms with van der Waals surface area (Å²) in [6.45, 7) is 3.91. The van der Waals surface area contributed by atoms with Crippen LogP contribution in [0.15, 0.2) is 52.3 Å². The van der Waals surface area contributed by atoms with Crippen LogP contribution in [0.3, 0.4) is 0 Å². The third kappa shape index (κ3) is 3.53. The Bertz CT molecular complexity index is 1030. The maximum atomic E-state index is 12.9. The van der Waals surface area contributed by atoms with Crippen molar-refractivity contribution in [3.05, 3.63) is 58.6 Å². The van der Waals surface area contributed by atoms with Crippen LogP contribution < -0.4 is 0 Å². The molecule has 0 aromatic heterocycles. The van der Waals surface area contributed by atoms with E-state index >= 15 is 0 Å². The molecule has 0 bridgehead atoms. The van der Waals surface area contributed by atoms with Gasteiger partial charge in [0.15, 0.2) is 9.84 Å². The lowest BCUT2D eigenvalue weighted by Crippen LogP contribution is -2.32. The molecule has 8 heteroatoms. The van der Waals surface area contributed by atoms with E-state index in [1.165, 1.54) is 28.6 Å². The first-order chi connectivity index (χ1) is 12.1. The molecule has 0 aliphatic carbocycles. The van der Waals surface area contributed by atoms with Crippen molar-refractivity contribution in [3.8, 4) is 0 Å². The minimum absolute atomic E-state index is 0.0415. The maximum absolute atomic E-state index is 12.9. The molecule has 1 atom stereocenters. The monoisotopic (exact) mass is 413 g/mol. The molecular weight excluding hydrogens is 394 g/mol. The van der Waals surface area contributed by atoms with Crippen molar-refractivity contribution in [1.82, 2.24) is 4.31 Å². The van der Waals surface area contributed by atoms with Gasteiger partial charge in [0.1, 0.15) is 0 Å². The number of halogens is 1. The lowest BCUT2D eigenvalue weighted by atomic mass is 10.1. The molecule has 0 saturated carbocycles. The van der Waals surface area contributed by atoms with Crippen molar-refractivity contribution in [2.45, 2.75) is 35.3 Å². The fraction of sp³-hybridized carbons (Fsp3) is 0.333. The second kappa shape index (κ2) is 6.96. The molecule has 1 heterocycles. The van der Waals surface area contributed by atoms with Gasteiger partial charge in [-0.05, 0) is 67.8 Å². The van der Waals surface area contributed by atoms with Crippen molar-refractivity contribution in [2.24, 2.45) is 0 Å². The molecular formula is C18H20ClNO4S2. The van der Waals surface area contributed by atoms with E-state index in [4.69, 9.17) is 11.6 Å². The summed E-state index contributed by atoms with van der Waals surface area (Å²) >= 11 is 5.81. The fourth-order valence-electron chi connectivity index (χ4n) is 3.01. The van der Waals surface area contributed by atoms with Gasteiger partial charge in [0.2, 0.25) is 10.0 Å². The zero-order valence-corrected chi connectivity index (χ0v) is 16.9. The van der Waals surface area contributed by atoms with Crippen LogP contribution in [0.2, 0.25) is 5.02 Å². The summed E-state index contributed by atoms with van der Waals surface area (Å²) < 4.78 is 52.6. The summed E-state index contributed by atoms with van der Waals surface area (Å²) in [5, 5.41) is -0.306. The van der Waals surface area contributed by atoms with Crippen LogP contribution in [0.25, 0.3) is 0 Å². The average molecular weight is 414 g/mol. The number of benzene rings is 2. The Hall–Kier alpha value is -1.41. The lowest BCUT2D eigenvalue weighted by molar-refractivity contribution is 0.476. The maximum Gasteiger partial charge on any atom is 0.243 e. The molecule has 0 spiro atoms. The highest BCUT2D eigenvalue weighted by Crippen LogP contribution is 2.29. The third-order valence-electron chi connectivity index (χ3n) is 4.80. The minimum atomic E-state index is -3.71. The van der Waals surface area contributed by atoms with Gasteiger partial charge in [0, 0.05) is 18.1 Å². The normalized spacial score (nSPS) is 19.0. The highest BCUT2D eigenvalue weighted by atomic mass is 35.5. The number of hydrogen-bond donors (Lipinski definition) is 0. The molecule has 5 nitrogen and oxygen atoms in total. The number of rotatable bonds is 4. The van der Waals surface area contributed by atoms with Crippen molar-refractivity contribution in [1.29, 1.82) is 0 Å². The van der Waals surface area contributed by atoms with Crippen LogP contribution in [0.4, 0.5) is 0 Å². The van der Waals surface area contributed by atoms with Gasteiger partial charge in [0.05, 0.1) is 15.0 Å². The van der Waals surface area contributed by atoms with Gasteiger partial charge in [0.25, 0.3) is 0 Å². The Kier molecular flexibility index (Phi) is 5.18. The van der Waals surface area contributed by atoms with E-state index in [2.05, 4.69) is 0 Å². The second-order valence-electron chi connectivity index (χ2n) is 6.52. The predicted molar refractivity (Wildman–Crippen MR) is 102 cm³/mol. The Morgan fingerprint density at radius 2 is 1.54 bits per heavy atom. The summed E-state index contributed by atoms with van der Waals surface area (Å²) in [5.41, 5.74) is 1.89. The topological polar surface area (TPSA) is 71.5 Å². The summed E-state index contributed by atoms with van der Waals surface area (Å²) in [6, 6.07) is 10.9. The van der Waals surface area contributed by atoms with Crippen LogP contribution in [0.1, 0.15) is 17.5 Å². The van der Waals surface area contributed by atoms with Gasteiger partial charge in [-0.2, -0.15) is 4.31 Å². The highest BCUT2D eigenvalue weighted by molar-refractivity contribution is 7.92. The van der Waals surface area contributed by atoms with E-state index in [0.29, 0.717) is 5.02 Å². The Morgan fingerprint density at radius 1 is 0.923 bits per heavy atom. The average Bonchev–Trinajstić information content (AvgIpc) is 3.09. The largest absolute Gasteiger partial charge is 0.243 e. The van der Waals surface area contributed by atoms with Crippen molar-refractivity contribution in [2.75, 3.05) is 13.1 Å². The Labute approximate surface area is 159 Å². The smallest absolute Gasteiger partial charge is 0.223 e.